The highest BCUT2D eigenvalue weighted by atomic mass is 19.1. The summed E-state index contributed by atoms with van der Waals surface area (Å²) in [5.74, 6) is -5.50. The molecule has 0 aromatic heterocycles. The summed E-state index contributed by atoms with van der Waals surface area (Å²) < 4.78 is 13.8. The maximum absolute atomic E-state index is 14.0. The highest BCUT2D eigenvalue weighted by Crippen LogP contribution is 2.27. The van der Waals surface area contributed by atoms with E-state index in [0.717, 1.165) is 44.3 Å². The van der Waals surface area contributed by atoms with Crippen LogP contribution in [0.1, 0.15) is 62.5 Å². The van der Waals surface area contributed by atoms with Crippen LogP contribution in [0.5, 0.6) is 0 Å². The number of nitrogens with one attached hydrogen (secondary N) is 5. The van der Waals surface area contributed by atoms with Crippen molar-refractivity contribution >= 4 is 41.2 Å². The van der Waals surface area contributed by atoms with E-state index in [4.69, 9.17) is 0 Å². The molecule has 1 saturated carbocycles. The molecular weight excluding hydrogens is 679 g/mol. The van der Waals surface area contributed by atoms with Crippen LogP contribution in [0.15, 0.2) is 60.7 Å². The number of non-ortho nitro benzene ring substituents is 1. The van der Waals surface area contributed by atoms with Gasteiger partial charge in [-0.25, -0.2) is 9.18 Å². The first-order chi connectivity index (χ1) is 24.9. The van der Waals surface area contributed by atoms with Crippen LogP contribution in [0.3, 0.4) is 0 Å². The zero-order chi connectivity index (χ0) is 37.6. The largest absolute Gasteiger partial charge is 0.480 e. The SMILES string of the molecule is O=C1/C=C/C(=O)N[C@@H](CC2CCCCC2)C(=O)N[C@@H](Cc2ccc(F)cc2)C(=O)N[C@@H](Cc2ccc([N+](=O)[O-])cc2)C(=O)NCCC[C@@H](C(=O)O)N1. The van der Waals surface area contributed by atoms with E-state index in [2.05, 4.69) is 26.6 Å². The standard InChI is InChI=1S/C36H43FN6O9/c37-25-12-8-23(9-13-25)21-30-35(48)41-28(20-24-10-14-26(15-11-24)43(51)52)33(46)38-18-4-7-27(36(49)50)39-31(44)16-17-32(45)40-29(34(47)42-30)19-22-5-2-1-3-6-22/h8-17,22,27-30H,1-7,18-21H2,(H,38,46)(H,39,44)(H,40,45)(H,41,48)(H,42,47)(H,49,50)/b17-16+/t27-,28-,29-,30-/m0/s1. The third-order valence-corrected chi connectivity index (χ3v) is 9.10. The van der Waals surface area contributed by atoms with Crippen LogP contribution in [0.25, 0.3) is 0 Å². The molecule has 1 heterocycles. The summed E-state index contributed by atoms with van der Waals surface area (Å²) >= 11 is 0. The van der Waals surface area contributed by atoms with Crippen LogP contribution in [0.4, 0.5) is 10.1 Å². The van der Waals surface area contributed by atoms with E-state index in [-0.39, 0.29) is 50.3 Å². The minimum absolute atomic E-state index is 0.0397. The molecule has 0 spiro atoms. The minimum Gasteiger partial charge on any atom is -0.480 e. The third kappa shape index (κ3) is 12.3. The van der Waals surface area contributed by atoms with Gasteiger partial charge in [0, 0.05) is 43.7 Å². The predicted octanol–water partition coefficient (Wildman–Crippen LogP) is 1.98. The molecule has 2 aromatic carbocycles. The molecule has 5 amide bonds. The topological polar surface area (TPSA) is 226 Å². The fourth-order valence-corrected chi connectivity index (χ4v) is 6.29. The first-order valence-electron chi connectivity index (χ1n) is 17.3. The number of nitrogens with zero attached hydrogens (tertiary/aromatic N) is 1. The van der Waals surface area contributed by atoms with Gasteiger partial charge < -0.3 is 31.7 Å². The summed E-state index contributed by atoms with van der Waals surface area (Å²) in [5, 5.41) is 33.8. The second kappa shape index (κ2) is 19.1. The maximum atomic E-state index is 14.0. The quantitative estimate of drug-likeness (QED) is 0.173. The number of hydrogen-bond acceptors (Lipinski definition) is 8. The molecule has 0 bridgehead atoms. The molecule has 1 fully saturated rings. The van der Waals surface area contributed by atoms with Crippen LogP contribution in [0, 0.1) is 21.8 Å². The van der Waals surface area contributed by atoms with E-state index >= 15 is 0 Å². The lowest BCUT2D eigenvalue weighted by atomic mass is 9.84. The molecule has 6 N–H and O–H groups in total. The maximum Gasteiger partial charge on any atom is 0.326 e. The Morgan fingerprint density at radius 2 is 1.25 bits per heavy atom. The molecule has 52 heavy (non-hydrogen) atoms. The molecule has 1 aliphatic heterocycles. The van der Waals surface area contributed by atoms with E-state index < -0.39 is 70.4 Å². The van der Waals surface area contributed by atoms with Gasteiger partial charge in [0.15, 0.2) is 0 Å². The normalized spacial score (nSPS) is 23.7. The van der Waals surface area contributed by atoms with Crippen molar-refractivity contribution in [2.45, 2.75) is 88.4 Å². The number of nitro benzene ring substituents is 1. The fourth-order valence-electron chi connectivity index (χ4n) is 6.29. The summed E-state index contributed by atoms with van der Waals surface area (Å²) in [5.41, 5.74) is 0.788. The Hall–Kier alpha value is -5.67. The van der Waals surface area contributed by atoms with E-state index in [0.29, 0.717) is 11.1 Å². The Morgan fingerprint density at radius 3 is 1.83 bits per heavy atom. The number of aliphatic carboxylic acids is 1. The number of carboxylic acid groups (broad SMARTS) is 1. The summed E-state index contributed by atoms with van der Waals surface area (Å²) in [6.07, 6.45) is 6.42. The molecule has 0 unspecified atom stereocenters. The predicted molar refractivity (Wildman–Crippen MR) is 185 cm³/mol. The van der Waals surface area contributed by atoms with Crippen LogP contribution < -0.4 is 26.6 Å². The fraction of sp³-hybridized carbons (Fsp3) is 0.444. The second-order valence-electron chi connectivity index (χ2n) is 13.0. The molecule has 15 nitrogen and oxygen atoms in total. The Balaban J connectivity index is 1.67. The van der Waals surface area contributed by atoms with Crippen molar-refractivity contribution in [3.63, 3.8) is 0 Å². The van der Waals surface area contributed by atoms with Crippen LogP contribution >= 0.6 is 0 Å². The minimum atomic E-state index is -1.34. The molecule has 2 aliphatic rings. The van der Waals surface area contributed by atoms with Gasteiger partial charge in [-0.3, -0.25) is 34.1 Å². The van der Waals surface area contributed by atoms with Crippen molar-refractivity contribution in [1.29, 1.82) is 0 Å². The van der Waals surface area contributed by atoms with Gasteiger partial charge in [-0.1, -0.05) is 56.4 Å². The van der Waals surface area contributed by atoms with Gasteiger partial charge in [0.25, 0.3) is 5.69 Å². The van der Waals surface area contributed by atoms with Crippen molar-refractivity contribution in [2.75, 3.05) is 6.54 Å². The van der Waals surface area contributed by atoms with Crippen molar-refractivity contribution in [3.8, 4) is 0 Å². The van der Waals surface area contributed by atoms with Gasteiger partial charge in [0.05, 0.1) is 4.92 Å². The van der Waals surface area contributed by atoms with Crippen molar-refractivity contribution in [3.05, 3.63) is 87.7 Å². The van der Waals surface area contributed by atoms with Crippen LogP contribution in [-0.4, -0.2) is 76.2 Å². The molecule has 4 atom stereocenters. The average Bonchev–Trinajstić information content (AvgIpc) is 3.12. The molecule has 2 aromatic rings. The number of nitro groups is 1. The summed E-state index contributed by atoms with van der Waals surface area (Å²) in [6, 6.07) is 5.69. The Labute approximate surface area is 299 Å². The zero-order valence-corrected chi connectivity index (χ0v) is 28.5. The Kier molecular flexibility index (Phi) is 14.4. The monoisotopic (exact) mass is 722 g/mol. The number of amides is 5. The molecule has 1 aliphatic carbocycles. The summed E-state index contributed by atoms with van der Waals surface area (Å²) in [4.78, 5) is 89.4. The lowest BCUT2D eigenvalue weighted by Crippen LogP contribution is -2.58. The number of carboxylic acids is 1. The van der Waals surface area contributed by atoms with E-state index in [9.17, 15) is 48.4 Å². The van der Waals surface area contributed by atoms with E-state index in [1.54, 1.807) is 0 Å². The van der Waals surface area contributed by atoms with Crippen molar-refractivity contribution < 1.29 is 43.2 Å². The summed E-state index contributed by atoms with van der Waals surface area (Å²) in [7, 11) is 0. The number of halogens is 1. The van der Waals surface area contributed by atoms with Gasteiger partial charge in [-0.15, -0.1) is 0 Å². The molecule has 278 valence electrons. The first-order valence-corrected chi connectivity index (χ1v) is 17.3. The molecule has 0 radical (unpaired) electrons. The van der Waals surface area contributed by atoms with Gasteiger partial charge in [0.2, 0.25) is 29.5 Å². The second-order valence-corrected chi connectivity index (χ2v) is 13.0. The van der Waals surface area contributed by atoms with Crippen LogP contribution in [0.2, 0.25) is 0 Å². The molecule has 4 rings (SSSR count). The molecular formula is C36H43FN6O9. The van der Waals surface area contributed by atoms with Crippen LogP contribution in [-0.2, 0) is 41.6 Å². The number of rotatable bonds is 8. The smallest absolute Gasteiger partial charge is 0.326 e. The lowest BCUT2D eigenvalue weighted by molar-refractivity contribution is -0.384. The number of carbonyl (C=O) groups excluding carboxylic acids is 5. The zero-order valence-electron chi connectivity index (χ0n) is 28.5. The van der Waals surface area contributed by atoms with Crippen molar-refractivity contribution in [2.24, 2.45) is 5.92 Å². The van der Waals surface area contributed by atoms with Gasteiger partial charge in [0.1, 0.15) is 30.0 Å². The molecule has 16 heteroatoms. The van der Waals surface area contributed by atoms with Gasteiger partial charge in [-0.05, 0) is 48.4 Å². The average molecular weight is 723 g/mol. The van der Waals surface area contributed by atoms with E-state index in [1.165, 1.54) is 48.5 Å². The molecule has 0 saturated heterocycles. The first kappa shape index (κ1) is 39.1. The lowest BCUT2D eigenvalue weighted by Gasteiger charge is -2.28. The summed E-state index contributed by atoms with van der Waals surface area (Å²) in [6.45, 7) is -0.0397. The number of benzene rings is 2. The Bertz CT molecular complexity index is 1640. The highest BCUT2D eigenvalue weighted by Gasteiger charge is 2.32. The third-order valence-electron chi connectivity index (χ3n) is 9.10. The van der Waals surface area contributed by atoms with E-state index in [1.807, 2.05) is 0 Å². The van der Waals surface area contributed by atoms with Gasteiger partial charge >= 0.3 is 5.97 Å². The number of hydrogen-bond donors (Lipinski definition) is 6. The highest BCUT2D eigenvalue weighted by molar-refractivity contribution is 6.00. The Morgan fingerprint density at radius 1 is 0.712 bits per heavy atom. The number of carbonyl (C=O) groups is 6. The van der Waals surface area contributed by atoms with Gasteiger partial charge in [-0.2, -0.15) is 0 Å². The van der Waals surface area contributed by atoms with Crippen molar-refractivity contribution in [1.82, 2.24) is 26.6 Å².